The molecule has 0 spiro atoms. The quantitative estimate of drug-likeness (QED) is 0.811. The van der Waals surface area contributed by atoms with Gasteiger partial charge in [-0.25, -0.2) is 0 Å². The molecule has 0 unspecified atom stereocenters. The van der Waals surface area contributed by atoms with Crippen molar-refractivity contribution < 1.29 is 4.79 Å². The summed E-state index contributed by atoms with van der Waals surface area (Å²) in [6.07, 6.45) is 3.33. The molecule has 0 fully saturated rings. The maximum absolute atomic E-state index is 12.3. The van der Waals surface area contributed by atoms with Crippen LogP contribution in [0.25, 0.3) is 0 Å². The number of carbonyl (C=O) groups is 1. The first-order valence-electron chi connectivity index (χ1n) is 6.07. The van der Waals surface area contributed by atoms with Gasteiger partial charge in [-0.1, -0.05) is 6.07 Å². The van der Waals surface area contributed by atoms with E-state index >= 15 is 0 Å². The number of benzene rings is 1. The number of nitrogen functional groups attached to an aromatic ring is 1. The molecular weight excluding hydrogens is 238 g/mol. The number of aromatic nitrogens is 1. The summed E-state index contributed by atoms with van der Waals surface area (Å²) < 4.78 is 0. The molecule has 0 aliphatic carbocycles. The van der Waals surface area contributed by atoms with Crippen LogP contribution in [0.2, 0.25) is 0 Å². The Balaban J connectivity index is 2.31. The Hall–Kier alpha value is -2.36. The highest BCUT2D eigenvalue weighted by Crippen LogP contribution is 2.20. The van der Waals surface area contributed by atoms with Gasteiger partial charge in [-0.05, 0) is 49.6 Å². The van der Waals surface area contributed by atoms with E-state index in [0.717, 1.165) is 16.7 Å². The molecule has 98 valence electrons. The molecule has 0 saturated heterocycles. The number of nitrogens with one attached hydrogen (secondary N) is 1. The molecule has 0 aliphatic rings. The molecule has 4 heteroatoms. The summed E-state index contributed by atoms with van der Waals surface area (Å²) in [5.41, 5.74) is 10.6. The highest BCUT2D eigenvalue weighted by atomic mass is 16.1. The van der Waals surface area contributed by atoms with E-state index < -0.39 is 0 Å². The van der Waals surface area contributed by atoms with E-state index in [-0.39, 0.29) is 5.91 Å². The molecule has 0 bridgehead atoms. The van der Waals surface area contributed by atoms with E-state index in [2.05, 4.69) is 10.3 Å². The highest BCUT2D eigenvalue weighted by molar-refractivity contribution is 6.06. The second kappa shape index (κ2) is 5.10. The number of rotatable bonds is 2. The van der Waals surface area contributed by atoms with E-state index in [1.807, 2.05) is 32.9 Å². The highest BCUT2D eigenvalue weighted by Gasteiger charge is 2.12. The standard InChI is InChI=1S/C15H17N3O/c1-9-4-5-17-8-14(9)18-15(19)12-7-13(16)11(3)6-10(12)2/h4-8H,16H2,1-3H3,(H,18,19). The number of aryl methyl sites for hydroxylation is 3. The number of carbonyl (C=O) groups excluding carboxylic acids is 1. The number of pyridine rings is 1. The first kappa shape index (κ1) is 13.1. The Kier molecular flexibility index (Phi) is 3.51. The van der Waals surface area contributed by atoms with E-state index in [1.165, 1.54) is 0 Å². The van der Waals surface area contributed by atoms with Gasteiger partial charge >= 0.3 is 0 Å². The van der Waals surface area contributed by atoms with Gasteiger partial charge in [0.2, 0.25) is 0 Å². The lowest BCUT2D eigenvalue weighted by Gasteiger charge is -2.11. The Labute approximate surface area is 112 Å². The molecule has 1 amide bonds. The molecule has 2 rings (SSSR count). The van der Waals surface area contributed by atoms with E-state index in [4.69, 9.17) is 5.73 Å². The fourth-order valence-electron chi connectivity index (χ4n) is 1.90. The second-order valence-corrected chi connectivity index (χ2v) is 4.67. The van der Waals surface area contributed by atoms with Crippen LogP contribution in [0.1, 0.15) is 27.0 Å². The van der Waals surface area contributed by atoms with Crippen LogP contribution in [-0.2, 0) is 0 Å². The predicted molar refractivity (Wildman–Crippen MR) is 77.3 cm³/mol. The predicted octanol–water partition coefficient (Wildman–Crippen LogP) is 2.84. The first-order chi connectivity index (χ1) is 8.99. The zero-order valence-corrected chi connectivity index (χ0v) is 11.3. The van der Waals surface area contributed by atoms with Gasteiger partial charge in [-0.15, -0.1) is 0 Å². The molecule has 0 saturated carbocycles. The minimum atomic E-state index is -0.166. The lowest BCUT2D eigenvalue weighted by molar-refractivity contribution is 0.102. The van der Waals surface area contributed by atoms with Gasteiger partial charge in [0.25, 0.3) is 5.91 Å². The van der Waals surface area contributed by atoms with E-state index in [9.17, 15) is 4.79 Å². The fraction of sp³-hybridized carbons (Fsp3) is 0.200. The number of hydrogen-bond acceptors (Lipinski definition) is 3. The maximum atomic E-state index is 12.3. The number of nitrogens with two attached hydrogens (primary N) is 1. The van der Waals surface area contributed by atoms with Crippen LogP contribution in [0.15, 0.2) is 30.6 Å². The van der Waals surface area contributed by atoms with Crippen molar-refractivity contribution in [3.63, 3.8) is 0 Å². The van der Waals surface area contributed by atoms with Gasteiger partial charge in [-0.3, -0.25) is 9.78 Å². The number of nitrogens with zero attached hydrogens (tertiary/aromatic N) is 1. The SMILES string of the molecule is Cc1cc(C)c(C(=O)Nc2cnccc2C)cc1N. The summed E-state index contributed by atoms with van der Waals surface area (Å²) in [5, 5.41) is 2.86. The van der Waals surface area contributed by atoms with Gasteiger partial charge < -0.3 is 11.1 Å². The Morgan fingerprint density at radius 3 is 2.58 bits per heavy atom. The van der Waals surface area contributed by atoms with Crippen molar-refractivity contribution in [2.45, 2.75) is 20.8 Å². The number of hydrogen-bond donors (Lipinski definition) is 2. The molecule has 19 heavy (non-hydrogen) atoms. The minimum absolute atomic E-state index is 0.166. The molecule has 1 aromatic heterocycles. The van der Waals surface area contributed by atoms with Gasteiger partial charge in [0.15, 0.2) is 0 Å². The number of amides is 1. The van der Waals surface area contributed by atoms with Crippen molar-refractivity contribution in [3.8, 4) is 0 Å². The van der Waals surface area contributed by atoms with Crippen LogP contribution < -0.4 is 11.1 Å². The van der Waals surface area contributed by atoms with Crippen LogP contribution in [0.5, 0.6) is 0 Å². The first-order valence-corrected chi connectivity index (χ1v) is 6.07. The van der Waals surface area contributed by atoms with Crippen molar-refractivity contribution in [3.05, 3.63) is 52.8 Å². The molecule has 0 radical (unpaired) electrons. The molecule has 4 nitrogen and oxygen atoms in total. The average Bonchev–Trinajstić information content (AvgIpc) is 2.36. The second-order valence-electron chi connectivity index (χ2n) is 4.67. The molecular formula is C15H17N3O. The summed E-state index contributed by atoms with van der Waals surface area (Å²) >= 11 is 0. The van der Waals surface area contributed by atoms with Crippen molar-refractivity contribution in [2.75, 3.05) is 11.1 Å². The summed E-state index contributed by atoms with van der Waals surface area (Å²) in [5.74, 6) is -0.166. The fourth-order valence-corrected chi connectivity index (χ4v) is 1.90. The van der Waals surface area contributed by atoms with Crippen LogP contribution in [0.4, 0.5) is 11.4 Å². The van der Waals surface area contributed by atoms with Gasteiger partial charge in [0.05, 0.1) is 11.9 Å². The molecule has 0 atom stereocenters. The molecule has 2 aromatic rings. The van der Waals surface area contributed by atoms with Crippen molar-refractivity contribution >= 4 is 17.3 Å². The third-order valence-corrected chi connectivity index (χ3v) is 3.14. The number of anilines is 2. The average molecular weight is 255 g/mol. The normalized spacial score (nSPS) is 10.3. The molecule has 0 aliphatic heterocycles. The van der Waals surface area contributed by atoms with Crippen molar-refractivity contribution in [1.82, 2.24) is 4.98 Å². The minimum Gasteiger partial charge on any atom is -0.398 e. The Bertz CT molecular complexity index is 635. The maximum Gasteiger partial charge on any atom is 0.256 e. The monoisotopic (exact) mass is 255 g/mol. The lowest BCUT2D eigenvalue weighted by atomic mass is 10.0. The zero-order valence-electron chi connectivity index (χ0n) is 11.3. The van der Waals surface area contributed by atoms with Crippen LogP contribution in [0, 0.1) is 20.8 Å². The summed E-state index contributed by atoms with van der Waals surface area (Å²) in [6.45, 7) is 5.75. The third kappa shape index (κ3) is 2.73. The third-order valence-electron chi connectivity index (χ3n) is 3.14. The largest absolute Gasteiger partial charge is 0.398 e. The molecule has 1 aromatic carbocycles. The van der Waals surface area contributed by atoms with E-state index in [1.54, 1.807) is 18.5 Å². The summed E-state index contributed by atoms with van der Waals surface area (Å²) in [6, 6.07) is 5.48. The van der Waals surface area contributed by atoms with Crippen LogP contribution in [-0.4, -0.2) is 10.9 Å². The molecule has 3 N–H and O–H groups in total. The van der Waals surface area contributed by atoms with Crippen molar-refractivity contribution in [2.24, 2.45) is 0 Å². The topological polar surface area (TPSA) is 68.0 Å². The lowest BCUT2D eigenvalue weighted by Crippen LogP contribution is -2.15. The van der Waals surface area contributed by atoms with Crippen LogP contribution >= 0.6 is 0 Å². The smallest absolute Gasteiger partial charge is 0.256 e. The van der Waals surface area contributed by atoms with Gasteiger partial charge in [-0.2, -0.15) is 0 Å². The Morgan fingerprint density at radius 1 is 1.16 bits per heavy atom. The zero-order chi connectivity index (χ0) is 14.0. The van der Waals surface area contributed by atoms with Crippen LogP contribution in [0.3, 0.4) is 0 Å². The summed E-state index contributed by atoms with van der Waals surface area (Å²) in [4.78, 5) is 16.3. The van der Waals surface area contributed by atoms with E-state index in [0.29, 0.717) is 16.9 Å². The summed E-state index contributed by atoms with van der Waals surface area (Å²) in [7, 11) is 0. The Morgan fingerprint density at radius 2 is 1.89 bits per heavy atom. The van der Waals surface area contributed by atoms with Gasteiger partial charge in [0.1, 0.15) is 0 Å². The van der Waals surface area contributed by atoms with Gasteiger partial charge in [0, 0.05) is 17.4 Å². The van der Waals surface area contributed by atoms with Crippen molar-refractivity contribution in [1.29, 1.82) is 0 Å². The molecule has 1 heterocycles.